The van der Waals surface area contributed by atoms with E-state index in [9.17, 15) is 4.79 Å². The van der Waals surface area contributed by atoms with Gasteiger partial charge in [0.2, 0.25) is 0 Å². The normalized spacial score (nSPS) is 11.2. The Morgan fingerprint density at radius 3 is 2.62 bits per heavy atom. The van der Waals surface area contributed by atoms with Crippen LogP contribution in [0, 0.1) is 18.3 Å². The van der Waals surface area contributed by atoms with Gasteiger partial charge in [0.05, 0.1) is 0 Å². The predicted octanol–water partition coefficient (Wildman–Crippen LogP) is 4.44. The SMILES string of the molecule is CCCCCCCCNC(=O)/C(C#N)=C/c1ccc(C)s1. The zero-order valence-electron chi connectivity index (χ0n) is 12.9. The van der Waals surface area contributed by atoms with Gasteiger partial charge in [-0.15, -0.1) is 11.3 Å². The van der Waals surface area contributed by atoms with Crippen LogP contribution in [0.2, 0.25) is 0 Å². The van der Waals surface area contributed by atoms with E-state index >= 15 is 0 Å². The zero-order valence-corrected chi connectivity index (χ0v) is 13.8. The number of carbonyl (C=O) groups is 1. The molecule has 0 aliphatic heterocycles. The molecule has 0 spiro atoms. The van der Waals surface area contributed by atoms with Gasteiger partial charge in [0.15, 0.2) is 0 Å². The smallest absolute Gasteiger partial charge is 0.261 e. The van der Waals surface area contributed by atoms with E-state index in [0.717, 1.165) is 17.7 Å². The highest BCUT2D eigenvalue weighted by Crippen LogP contribution is 2.18. The third kappa shape index (κ3) is 7.10. The molecule has 114 valence electrons. The van der Waals surface area contributed by atoms with Crippen LogP contribution in [0.5, 0.6) is 0 Å². The van der Waals surface area contributed by atoms with Gasteiger partial charge in [-0.2, -0.15) is 5.26 Å². The molecule has 1 N–H and O–H groups in total. The van der Waals surface area contributed by atoms with E-state index in [0.29, 0.717) is 6.54 Å². The van der Waals surface area contributed by atoms with Crippen molar-refractivity contribution in [3.05, 3.63) is 27.5 Å². The molecule has 0 bridgehead atoms. The van der Waals surface area contributed by atoms with Crippen LogP contribution in [0.4, 0.5) is 0 Å². The van der Waals surface area contributed by atoms with Gasteiger partial charge < -0.3 is 5.32 Å². The summed E-state index contributed by atoms with van der Waals surface area (Å²) in [5.74, 6) is -0.267. The Labute approximate surface area is 131 Å². The molecule has 1 aromatic rings. The molecule has 0 aromatic carbocycles. The number of rotatable bonds is 9. The van der Waals surface area contributed by atoms with E-state index in [4.69, 9.17) is 5.26 Å². The number of nitrogens with zero attached hydrogens (tertiary/aromatic N) is 1. The quantitative estimate of drug-likeness (QED) is 0.416. The minimum absolute atomic E-state index is 0.183. The van der Waals surface area contributed by atoms with E-state index in [1.54, 1.807) is 17.4 Å². The maximum atomic E-state index is 11.9. The molecular weight excluding hydrogens is 280 g/mol. The van der Waals surface area contributed by atoms with E-state index < -0.39 is 0 Å². The maximum absolute atomic E-state index is 11.9. The zero-order chi connectivity index (χ0) is 15.5. The van der Waals surface area contributed by atoms with E-state index in [1.807, 2.05) is 25.1 Å². The number of hydrogen-bond donors (Lipinski definition) is 1. The highest BCUT2D eigenvalue weighted by Gasteiger charge is 2.08. The summed E-state index contributed by atoms with van der Waals surface area (Å²) >= 11 is 1.58. The number of amides is 1. The summed E-state index contributed by atoms with van der Waals surface area (Å²) in [4.78, 5) is 14.0. The number of unbranched alkanes of at least 4 members (excludes halogenated alkanes) is 5. The molecule has 1 heterocycles. The molecule has 0 fully saturated rings. The van der Waals surface area contributed by atoms with E-state index in [1.165, 1.54) is 30.6 Å². The minimum atomic E-state index is -0.267. The second-order valence-electron chi connectivity index (χ2n) is 5.14. The van der Waals surface area contributed by atoms with E-state index in [-0.39, 0.29) is 11.5 Å². The van der Waals surface area contributed by atoms with Gasteiger partial charge >= 0.3 is 0 Å². The van der Waals surface area contributed by atoms with Gasteiger partial charge in [-0.05, 0) is 31.6 Å². The molecule has 1 amide bonds. The largest absolute Gasteiger partial charge is 0.351 e. The minimum Gasteiger partial charge on any atom is -0.351 e. The molecule has 4 heteroatoms. The fourth-order valence-electron chi connectivity index (χ4n) is 2.02. The van der Waals surface area contributed by atoms with Crippen molar-refractivity contribution >= 4 is 23.3 Å². The lowest BCUT2D eigenvalue weighted by Gasteiger charge is -2.04. The summed E-state index contributed by atoms with van der Waals surface area (Å²) in [6.07, 6.45) is 8.80. The number of carbonyl (C=O) groups excluding carboxylic acids is 1. The van der Waals surface area contributed by atoms with Crippen LogP contribution in [-0.4, -0.2) is 12.5 Å². The lowest BCUT2D eigenvalue weighted by atomic mass is 10.1. The highest BCUT2D eigenvalue weighted by molar-refractivity contribution is 7.12. The third-order valence-electron chi connectivity index (χ3n) is 3.23. The standard InChI is InChI=1S/C17H24N2OS/c1-3-4-5-6-7-8-11-19-17(20)15(13-18)12-16-10-9-14(2)21-16/h9-10,12H,3-8,11H2,1-2H3,(H,19,20)/b15-12+. The average Bonchev–Trinajstić information content (AvgIpc) is 2.89. The van der Waals surface area contributed by atoms with Crippen LogP contribution in [0.15, 0.2) is 17.7 Å². The number of nitrogens with one attached hydrogen (secondary N) is 1. The van der Waals surface area contributed by atoms with Crippen LogP contribution in [-0.2, 0) is 4.79 Å². The lowest BCUT2D eigenvalue weighted by molar-refractivity contribution is -0.117. The Bertz CT molecular complexity index is 511. The van der Waals surface area contributed by atoms with Crippen molar-refractivity contribution in [3.8, 4) is 6.07 Å². The number of hydrogen-bond acceptors (Lipinski definition) is 3. The van der Waals surface area contributed by atoms with Crippen LogP contribution in [0.1, 0.15) is 55.2 Å². The molecule has 21 heavy (non-hydrogen) atoms. The van der Waals surface area contributed by atoms with Gasteiger partial charge in [0.25, 0.3) is 5.91 Å². The fraction of sp³-hybridized carbons (Fsp3) is 0.529. The van der Waals surface area contributed by atoms with Gasteiger partial charge in [-0.25, -0.2) is 0 Å². The van der Waals surface area contributed by atoms with Crippen LogP contribution in [0.3, 0.4) is 0 Å². The summed E-state index contributed by atoms with van der Waals surface area (Å²) in [6.45, 7) is 4.85. The van der Waals surface area contributed by atoms with Crippen LogP contribution in [0.25, 0.3) is 6.08 Å². The van der Waals surface area contributed by atoms with Gasteiger partial charge in [0, 0.05) is 16.3 Å². The molecular formula is C17H24N2OS. The average molecular weight is 304 g/mol. The second-order valence-corrected chi connectivity index (χ2v) is 6.46. The summed E-state index contributed by atoms with van der Waals surface area (Å²) in [5.41, 5.74) is 0.183. The van der Waals surface area contributed by atoms with Gasteiger partial charge in [-0.1, -0.05) is 39.0 Å². The number of nitriles is 1. The number of aryl methyl sites for hydroxylation is 1. The third-order valence-corrected chi connectivity index (χ3v) is 4.18. The maximum Gasteiger partial charge on any atom is 0.261 e. The van der Waals surface area contributed by atoms with Crippen molar-refractivity contribution in [2.45, 2.75) is 52.4 Å². The predicted molar refractivity (Wildman–Crippen MR) is 89.0 cm³/mol. The highest BCUT2D eigenvalue weighted by atomic mass is 32.1. The monoisotopic (exact) mass is 304 g/mol. The Kier molecular flexibility index (Phi) is 8.45. The van der Waals surface area contributed by atoms with Crippen molar-refractivity contribution in [2.24, 2.45) is 0 Å². The molecule has 0 radical (unpaired) electrons. The van der Waals surface area contributed by atoms with Crippen LogP contribution >= 0.6 is 11.3 Å². The molecule has 3 nitrogen and oxygen atoms in total. The number of thiophene rings is 1. The van der Waals surface area contributed by atoms with Crippen molar-refractivity contribution in [1.29, 1.82) is 5.26 Å². The molecule has 0 atom stereocenters. The Hall–Kier alpha value is -1.60. The second kappa shape index (κ2) is 10.2. The molecule has 1 aromatic heterocycles. The molecule has 0 saturated heterocycles. The lowest BCUT2D eigenvalue weighted by Crippen LogP contribution is -2.25. The molecule has 0 aliphatic rings. The molecule has 0 aliphatic carbocycles. The van der Waals surface area contributed by atoms with Crippen molar-refractivity contribution < 1.29 is 4.79 Å². The fourth-order valence-corrected chi connectivity index (χ4v) is 2.85. The first kappa shape index (κ1) is 17.5. The first-order valence-corrected chi connectivity index (χ1v) is 8.45. The van der Waals surface area contributed by atoms with Crippen LogP contribution < -0.4 is 5.32 Å². The Morgan fingerprint density at radius 2 is 2.00 bits per heavy atom. The first-order valence-electron chi connectivity index (χ1n) is 7.63. The van der Waals surface area contributed by atoms with Crippen molar-refractivity contribution in [1.82, 2.24) is 5.32 Å². The van der Waals surface area contributed by atoms with E-state index in [2.05, 4.69) is 12.2 Å². The van der Waals surface area contributed by atoms with Crippen molar-refractivity contribution in [3.63, 3.8) is 0 Å². The van der Waals surface area contributed by atoms with Gasteiger partial charge in [0.1, 0.15) is 11.6 Å². The molecule has 1 rings (SSSR count). The summed E-state index contributed by atoms with van der Waals surface area (Å²) in [7, 11) is 0. The first-order chi connectivity index (χ1) is 10.2. The van der Waals surface area contributed by atoms with Gasteiger partial charge in [-0.3, -0.25) is 4.79 Å². The summed E-state index contributed by atoms with van der Waals surface area (Å²) in [6, 6.07) is 5.90. The van der Waals surface area contributed by atoms with Crippen molar-refractivity contribution in [2.75, 3.05) is 6.54 Å². The topological polar surface area (TPSA) is 52.9 Å². The Morgan fingerprint density at radius 1 is 1.29 bits per heavy atom. The molecule has 0 unspecified atom stereocenters. The summed E-state index contributed by atoms with van der Waals surface area (Å²) in [5, 5.41) is 11.9. The summed E-state index contributed by atoms with van der Waals surface area (Å²) < 4.78 is 0. The Balaban J connectivity index is 2.32. The molecule has 0 saturated carbocycles.